The Kier molecular flexibility index (Phi) is 4.88. The van der Waals surface area contributed by atoms with Crippen molar-refractivity contribution in [2.75, 3.05) is 5.32 Å². The molecule has 2 atom stereocenters. The van der Waals surface area contributed by atoms with Gasteiger partial charge in [-0.1, -0.05) is 6.42 Å². The number of hydrogen-bond acceptors (Lipinski definition) is 4. The lowest BCUT2D eigenvalue weighted by atomic mass is 9.85. The molecule has 1 amide bonds. The Morgan fingerprint density at radius 2 is 1.78 bits per heavy atom. The van der Waals surface area contributed by atoms with Crippen molar-refractivity contribution >= 4 is 11.6 Å². The molecule has 0 aliphatic heterocycles. The zero-order valence-electron chi connectivity index (χ0n) is 12.9. The number of rotatable bonds is 4. The van der Waals surface area contributed by atoms with Crippen molar-refractivity contribution in [3.8, 4) is 11.5 Å². The van der Waals surface area contributed by atoms with E-state index in [4.69, 9.17) is 10.5 Å². The van der Waals surface area contributed by atoms with Crippen LogP contribution in [-0.4, -0.2) is 16.9 Å². The Balaban J connectivity index is 1.58. The fourth-order valence-corrected chi connectivity index (χ4v) is 2.86. The van der Waals surface area contributed by atoms with Crippen LogP contribution in [0.3, 0.4) is 0 Å². The highest BCUT2D eigenvalue weighted by Crippen LogP contribution is 2.26. The van der Waals surface area contributed by atoms with E-state index in [1.807, 2.05) is 24.3 Å². The van der Waals surface area contributed by atoms with Gasteiger partial charge in [0, 0.05) is 30.0 Å². The SMILES string of the molecule is NC1CCCC(C(=O)Nc2ccc(Oc3ccncc3)cc2)C1. The molecule has 1 aromatic heterocycles. The Bertz CT molecular complexity index is 643. The van der Waals surface area contributed by atoms with E-state index in [-0.39, 0.29) is 17.9 Å². The summed E-state index contributed by atoms with van der Waals surface area (Å²) in [6.07, 6.45) is 7.10. The molecule has 0 spiro atoms. The number of ether oxygens (including phenoxy) is 1. The maximum atomic E-state index is 12.3. The van der Waals surface area contributed by atoms with Crippen LogP contribution in [0.4, 0.5) is 5.69 Å². The number of hydrogen-bond donors (Lipinski definition) is 2. The first-order chi connectivity index (χ1) is 11.2. The van der Waals surface area contributed by atoms with E-state index in [1.165, 1.54) is 0 Å². The average Bonchev–Trinajstić information content (AvgIpc) is 2.57. The highest BCUT2D eigenvalue weighted by molar-refractivity contribution is 5.92. The minimum absolute atomic E-state index is 0.0199. The summed E-state index contributed by atoms with van der Waals surface area (Å²) in [5.41, 5.74) is 6.72. The molecule has 3 rings (SSSR count). The van der Waals surface area contributed by atoms with Crippen LogP contribution < -0.4 is 15.8 Å². The number of benzene rings is 1. The number of nitrogens with zero attached hydrogens (tertiary/aromatic N) is 1. The van der Waals surface area contributed by atoms with Gasteiger partial charge in [-0.25, -0.2) is 0 Å². The summed E-state index contributed by atoms with van der Waals surface area (Å²) in [6, 6.07) is 11.1. The fourth-order valence-electron chi connectivity index (χ4n) is 2.86. The summed E-state index contributed by atoms with van der Waals surface area (Å²) >= 11 is 0. The minimum Gasteiger partial charge on any atom is -0.457 e. The molecule has 3 N–H and O–H groups in total. The van der Waals surface area contributed by atoms with Gasteiger partial charge in [-0.15, -0.1) is 0 Å². The smallest absolute Gasteiger partial charge is 0.227 e. The molecule has 0 radical (unpaired) electrons. The Morgan fingerprint density at radius 3 is 2.48 bits per heavy atom. The molecule has 0 saturated heterocycles. The van der Waals surface area contributed by atoms with Gasteiger partial charge < -0.3 is 15.8 Å². The van der Waals surface area contributed by atoms with E-state index in [0.717, 1.165) is 37.1 Å². The van der Waals surface area contributed by atoms with Crippen molar-refractivity contribution in [1.29, 1.82) is 0 Å². The summed E-state index contributed by atoms with van der Waals surface area (Å²) in [4.78, 5) is 16.2. The molecule has 5 heteroatoms. The molecule has 23 heavy (non-hydrogen) atoms. The van der Waals surface area contributed by atoms with Crippen molar-refractivity contribution < 1.29 is 9.53 Å². The largest absolute Gasteiger partial charge is 0.457 e. The van der Waals surface area contributed by atoms with Gasteiger partial charge in [0.1, 0.15) is 11.5 Å². The third-order valence-electron chi connectivity index (χ3n) is 4.09. The third kappa shape index (κ3) is 4.29. The van der Waals surface area contributed by atoms with Gasteiger partial charge in [-0.3, -0.25) is 9.78 Å². The van der Waals surface area contributed by atoms with Gasteiger partial charge in [0.05, 0.1) is 0 Å². The number of pyridine rings is 1. The van der Waals surface area contributed by atoms with Gasteiger partial charge in [0.15, 0.2) is 0 Å². The van der Waals surface area contributed by atoms with Gasteiger partial charge in [0.2, 0.25) is 5.91 Å². The normalized spacial score (nSPS) is 20.7. The van der Waals surface area contributed by atoms with E-state index in [9.17, 15) is 4.79 Å². The third-order valence-corrected chi connectivity index (χ3v) is 4.09. The number of carbonyl (C=O) groups is 1. The lowest BCUT2D eigenvalue weighted by molar-refractivity contribution is -0.120. The van der Waals surface area contributed by atoms with E-state index in [0.29, 0.717) is 5.75 Å². The zero-order valence-corrected chi connectivity index (χ0v) is 12.9. The summed E-state index contributed by atoms with van der Waals surface area (Å²) in [7, 11) is 0. The predicted molar refractivity (Wildman–Crippen MR) is 89.3 cm³/mol. The summed E-state index contributed by atoms with van der Waals surface area (Å²) in [5.74, 6) is 1.52. The lowest BCUT2D eigenvalue weighted by Gasteiger charge is -2.25. The second-order valence-corrected chi connectivity index (χ2v) is 5.92. The number of amides is 1. The molecule has 1 aliphatic rings. The first-order valence-corrected chi connectivity index (χ1v) is 7.95. The highest BCUT2D eigenvalue weighted by atomic mass is 16.5. The molecule has 0 bridgehead atoms. The molecule has 120 valence electrons. The maximum absolute atomic E-state index is 12.3. The molecule has 1 fully saturated rings. The van der Waals surface area contributed by atoms with E-state index in [1.54, 1.807) is 24.5 Å². The van der Waals surface area contributed by atoms with Crippen LogP contribution >= 0.6 is 0 Å². The predicted octanol–water partition coefficient (Wildman–Crippen LogP) is 3.33. The number of nitrogens with one attached hydrogen (secondary N) is 1. The van der Waals surface area contributed by atoms with Crippen LogP contribution in [0.15, 0.2) is 48.8 Å². The van der Waals surface area contributed by atoms with Gasteiger partial charge >= 0.3 is 0 Å². The molecular formula is C18H21N3O2. The molecule has 2 aromatic rings. The van der Waals surface area contributed by atoms with Gasteiger partial charge in [0.25, 0.3) is 0 Å². The van der Waals surface area contributed by atoms with Crippen LogP contribution in [0.1, 0.15) is 25.7 Å². The highest BCUT2D eigenvalue weighted by Gasteiger charge is 2.25. The van der Waals surface area contributed by atoms with E-state index >= 15 is 0 Å². The Morgan fingerprint density at radius 1 is 1.09 bits per heavy atom. The quantitative estimate of drug-likeness (QED) is 0.908. The monoisotopic (exact) mass is 311 g/mol. The Hall–Kier alpha value is -2.40. The van der Waals surface area contributed by atoms with Crippen LogP contribution in [-0.2, 0) is 4.79 Å². The maximum Gasteiger partial charge on any atom is 0.227 e. The number of carbonyl (C=O) groups excluding carboxylic acids is 1. The van der Waals surface area contributed by atoms with Crippen LogP contribution in [0, 0.1) is 5.92 Å². The van der Waals surface area contributed by atoms with Crippen molar-refractivity contribution in [2.45, 2.75) is 31.7 Å². The summed E-state index contributed by atoms with van der Waals surface area (Å²) in [6.45, 7) is 0. The zero-order chi connectivity index (χ0) is 16.1. The second kappa shape index (κ2) is 7.24. The molecule has 1 aliphatic carbocycles. The summed E-state index contributed by atoms with van der Waals surface area (Å²) in [5, 5.41) is 2.96. The molecular weight excluding hydrogens is 290 g/mol. The van der Waals surface area contributed by atoms with Gasteiger partial charge in [-0.2, -0.15) is 0 Å². The first kappa shape index (κ1) is 15.5. The lowest BCUT2D eigenvalue weighted by Crippen LogP contribution is -2.34. The molecule has 5 nitrogen and oxygen atoms in total. The minimum atomic E-state index is 0.0199. The molecule has 1 aromatic carbocycles. The molecule has 2 unspecified atom stereocenters. The van der Waals surface area contributed by atoms with Crippen molar-refractivity contribution in [3.63, 3.8) is 0 Å². The van der Waals surface area contributed by atoms with Gasteiger partial charge in [-0.05, 0) is 55.7 Å². The van der Waals surface area contributed by atoms with Crippen LogP contribution in [0.2, 0.25) is 0 Å². The standard InChI is InChI=1S/C18H21N3O2/c19-14-3-1-2-13(12-14)18(22)21-15-4-6-16(7-5-15)23-17-8-10-20-11-9-17/h4-11,13-14H,1-3,12,19H2,(H,21,22). The fraction of sp³-hybridized carbons (Fsp3) is 0.333. The first-order valence-electron chi connectivity index (χ1n) is 7.95. The number of aromatic nitrogens is 1. The molecule has 1 heterocycles. The second-order valence-electron chi connectivity index (χ2n) is 5.92. The Labute approximate surface area is 135 Å². The van der Waals surface area contributed by atoms with Crippen molar-refractivity contribution in [2.24, 2.45) is 11.7 Å². The van der Waals surface area contributed by atoms with Crippen molar-refractivity contribution in [1.82, 2.24) is 4.98 Å². The topological polar surface area (TPSA) is 77.2 Å². The average molecular weight is 311 g/mol. The summed E-state index contributed by atoms with van der Waals surface area (Å²) < 4.78 is 5.70. The number of anilines is 1. The number of nitrogens with two attached hydrogens (primary N) is 1. The van der Waals surface area contributed by atoms with E-state index in [2.05, 4.69) is 10.3 Å². The van der Waals surface area contributed by atoms with E-state index < -0.39 is 0 Å². The molecule has 1 saturated carbocycles. The van der Waals surface area contributed by atoms with Crippen LogP contribution in [0.25, 0.3) is 0 Å². The van der Waals surface area contributed by atoms with Crippen molar-refractivity contribution in [3.05, 3.63) is 48.8 Å². The van der Waals surface area contributed by atoms with Crippen LogP contribution in [0.5, 0.6) is 11.5 Å².